The van der Waals surface area contributed by atoms with Crippen molar-refractivity contribution in [2.45, 2.75) is 24.7 Å². The molecule has 1 aromatic carbocycles. The molecule has 0 saturated heterocycles. The van der Waals surface area contributed by atoms with Gasteiger partial charge in [-0.2, -0.15) is 0 Å². The number of amides is 1. The molecule has 0 atom stereocenters. The summed E-state index contributed by atoms with van der Waals surface area (Å²) in [5, 5.41) is 0. The van der Waals surface area contributed by atoms with Crippen molar-refractivity contribution in [3.63, 3.8) is 0 Å². The van der Waals surface area contributed by atoms with E-state index in [1.807, 2.05) is 0 Å². The van der Waals surface area contributed by atoms with E-state index in [1.165, 1.54) is 19.1 Å². The van der Waals surface area contributed by atoms with Gasteiger partial charge in [-0.05, 0) is 30.9 Å². The summed E-state index contributed by atoms with van der Waals surface area (Å²) in [6, 6.07) is 8.08. The number of sulfonamides is 1. The van der Waals surface area contributed by atoms with Crippen LogP contribution in [0.1, 0.15) is 19.8 Å². The highest BCUT2D eigenvalue weighted by atomic mass is 32.2. The number of carbonyl (C=O) groups excluding carboxylic acids is 1. The van der Waals surface area contributed by atoms with Gasteiger partial charge in [-0.3, -0.25) is 4.79 Å². The Bertz CT molecular complexity index is 506. The topological polar surface area (TPSA) is 54.5 Å². The van der Waals surface area contributed by atoms with Crippen LogP contribution in [0.2, 0.25) is 0 Å². The molecule has 1 amide bonds. The van der Waals surface area contributed by atoms with E-state index >= 15 is 0 Å². The van der Waals surface area contributed by atoms with Crippen LogP contribution in [0.3, 0.4) is 0 Å². The van der Waals surface area contributed by atoms with E-state index in [1.54, 1.807) is 18.2 Å². The lowest BCUT2D eigenvalue weighted by molar-refractivity contribution is -0.124. The predicted octanol–water partition coefficient (Wildman–Crippen LogP) is 1.63. The number of benzene rings is 1. The first-order chi connectivity index (χ1) is 8.01. The third-order valence-corrected chi connectivity index (χ3v) is 4.66. The maximum atomic E-state index is 12.2. The molecule has 0 heterocycles. The molecule has 0 radical (unpaired) electrons. The van der Waals surface area contributed by atoms with Crippen LogP contribution in [0.5, 0.6) is 0 Å². The van der Waals surface area contributed by atoms with E-state index in [2.05, 4.69) is 0 Å². The molecule has 5 heteroatoms. The molecular formula is C12H15NO3S. The highest BCUT2D eigenvalue weighted by Gasteiger charge is 2.33. The van der Waals surface area contributed by atoms with E-state index in [4.69, 9.17) is 0 Å². The van der Waals surface area contributed by atoms with Crippen molar-refractivity contribution in [1.82, 2.24) is 4.31 Å². The van der Waals surface area contributed by atoms with Crippen molar-refractivity contribution in [1.29, 1.82) is 0 Å². The maximum absolute atomic E-state index is 12.2. The van der Waals surface area contributed by atoms with Crippen molar-refractivity contribution in [3.05, 3.63) is 30.3 Å². The van der Waals surface area contributed by atoms with Gasteiger partial charge in [0, 0.05) is 13.5 Å². The summed E-state index contributed by atoms with van der Waals surface area (Å²) in [5.74, 6) is -0.0712. The molecule has 0 N–H and O–H groups in total. The Morgan fingerprint density at radius 2 is 1.88 bits per heavy atom. The molecule has 1 aliphatic carbocycles. The van der Waals surface area contributed by atoms with Crippen LogP contribution in [0, 0.1) is 5.92 Å². The highest BCUT2D eigenvalue weighted by Crippen LogP contribution is 2.31. The van der Waals surface area contributed by atoms with E-state index in [0.29, 0.717) is 12.5 Å². The molecule has 0 aliphatic heterocycles. The number of hydrogen-bond acceptors (Lipinski definition) is 3. The van der Waals surface area contributed by atoms with E-state index < -0.39 is 15.9 Å². The van der Waals surface area contributed by atoms with Crippen LogP contribution in [0.25, 0.3) is 0 Å². The average Bonchev–Trinajstić information content (AvgIpc) is 3.10. The molecule has 0 unspecified atom stereocenters. The fourth-order valence-corrected chi connectivity index (χ4v) is 3.15. The minimum absolute atomic E-state index is 0.177. The SMILES string of the molecule is CC(=O)N(CC1CC1)S(=O)(=O)c1ccccc1. The summed E-state index contributed by atoms with van der Waals surface area (Å²) in [6.45, 7) is 1.61. The summed E-state index contributed by atoms with van der Waals surface area (Å²) in [5.41, 5.74) is 0. The van der Waals surface area contributed by atoms with Gasteiger partial charge >= 0.3 is 0 Å². The molecular weight excluding hydrogens is 238 g/mol. The van der Waals surface area contributed by atoms with E-state index in [9.17, 15) is 13.2 Å². The van der Waals surface area contributed by atoms with Crippen molar-refractivity contribution >= 4 is 15.9 Å². The standard InChI is InChI=1S/C12H15NO3S/c1-10(14)13(9-11-7-8-11)17(15,16)12-5-3-2-4-6-12/h2-6,11H,7-9H2,1H3. The van der Waals surface area contributed by atoms with Crippen LogP contribution < -0.4 is 0 Å². The fraction of sp³-hybridized carbons (Fsp3) is 0.417. The number of nitrogens with zero attached hydrogens (tertiary/aromatic N) is 1. The largest absolute Gasteiger partial charge is 0.274 e. The van der Waals surface area contributed by atoms with Crippen molar-refractivity contribution in [2.75, 3.05) is 6.54 Å². The fourth-order valence-electron chi connectivity index (χ4n) is 1.65. The second-order valence-corrected chi connectivity index (χ2v) is 6.17. The molecule has 92 valence electrons. The molecule has 1 fully saturated rings. The lowest BCUT2D eigenvalue weighted by Gasteiger charge is -2.20. The Morgan fingerprint density at radius 1 is 1.29 bits per heavy atom. The average molecular weight is 253 g/mol. The van der Waals surface area contributed by atoms with Gasteiger partial charge in [0.15, 0.2) is 0 Å². The molecule has 0 spiro atoms. The van der Waals surface area contributed by atoms with Gasteiger partial charge in [0.25, 0.3) is 10.0 Å². The quantitative estimate of drug-likeness (QED) is 0.819. The van der Waals surface area contributed by atoms with Crippen molar-refractivity contribution in [3.8, 4) is 0 Å². The molecule has 2 rings (SSSR count). The zero-order chi connectivity index (χ0) is 12.5. The molecule has 4 nitrogen and oxygen atoms in total. The Labute approximate surface area is 101 Å². The third-order valence-electron chi connectivity index (χ3n) is 2.80. The Balaban J connectivity index is 2.31. The number of carbonyl (C=O) groups is 1. The van der Waals surface area contributed by atoms with Crippen LogP contribution in [-0.4, -0.2) is 25.2 Å². The van der Waals surface area contributed by atoms with Gasteiger partial charge in [0.1, 0.15) is 0 Å². The second kappa shape index (κ2) is 4.49. The van der Waals surface area contributed by atoms with Crippen molar-refractivity contribution in [2.24, 2.45) is 5.92 Å². The minimum atomic E-state index is -3.67. The van der Waals surface area contributed by atoms with E-state index in [0.717, 1.165) is 17.1 Å². The van der Waals surface area contributed by atoms with Gasteiger partial charge < -0.3 is 0 Å². The smallest absolute Gasteiger partial charge is 0.266 e. The molecule has 0 aromatic heterocycles. The van der Waals surface area contributed by atoms with Gasteiger partial charge in [0.05, 0.1) is 4.90 Å². The van der Waals surface area contributed by atoms with Gasteiger partial charge in [-0.15, -0.1) is 0 Å². The minimum Gasteiger partial charge on any atom is -0.274 e. The van der Waals surface area contributed by atoms with Crippen molar-refractivity contribution < 1.29 is 13.2 Å². The Hall–Kier alpha value is -1.36. The van der Waals surface area contributed by atoms with Crippen LogP contribution in [-0.2, 0) is 14.8 Å². The lowest BCUT2D eigenvalue weighted by Crippen LogP contribution is -2.36. The molecule has 1 saturated carbocycles. The maximum Gasteiger partial charge on any atom is 0.266 e. The molecule has 0 bridgehead atoms. The van der Waals surface area contributed by atoms with Crippen LogP contribution in [0.4, 0.5) is 0 Å². The number of hydrogen-bond donors (Lipinski definition) is 0. The van der Waals surface area contributed by atoms with Gasteiger partial charge in [-0.1, -0.05) is 18.2 Å². The summed E-state index contributed by atoms with van der Waals surface area (Å²) in [4.78, 5) is 11.7. The normalized spacial score (nSPS) is 15.6. The van der Waals surface area contributed by atoms with Gasteiger partial charge in [0.2, 0.25) is 5.91 Å². The Kier molecular flexibility index (Phi) is 3.19. The number of rotatable bonds is 4. The Morgan fingerprint density at radius 3 is 2.35 bits per heavy atom. The highest BCUT2D eigenvalue weighted by molar-refractivity contribution is 7.89. The lowest BCUT2D eigenvalue weighted by atomic mass is 10.4. The van der Waals surface area contributed by atoms with Crippen LogP contribution >= 0.6 is 0 Å². The third kappa shape index (κ3) is 2.66. The summed E-state index contributed by atoms with van der Waals surface area (Å²) in [7, 11) is -3.67. The first kappa shape index (κ1) is 12.1. The summed E-state index contributed by atoms with van der Waals surface area (Å²) >= 11 is 0. The molecule has 1 aliphatic rings. The zero-order valence-electron chi connectivity index (χ0n) is 9.67. The summed E-state index contributed by atoms with van der Waals surface area (Å²) < 4.78 is 25.5. The second-order valence-electron chi connectivity index (χ2n) is 4.31. The first-order valence-electron chi connectivity index (χ1n) is 5.60. The first-order valence-corrected chi connectivity index (χ1v) is 7.04. The zero-order valence-corrected chi connectivity index (χ0v) is 10.5. The molecule has 1 aromatic rings. The molecule has 17 heavy (non-hydrogen) atoms. The van der Waals surface area contributed by atoms with Gasteiger partial charge in [-0.25, -0.2) is 12.7 Å². The monoisotopic (exact) mass is 253 g/mol. The predicted molar refractivity (Wildman–Crippen MR) is 63.7 cm³/mol. The van der Waals surface area contributed by atoms with Crippen LogP contribution in [0.15, 0.2) is 35.2 Å². The van der Waals surface area contributed by atoms with E-state index in [-0.39, 0.29) is 4.90 Å². The summed E-state index contributed by atoms with van der Waals surface area (Å²) in [6.07, 6.45) is 2.02.